The number of hydrogen-bond donors (Lipinski definition) is 0. The molecule has 0 bridgehead atoms. The van der Waals surface area contributed by atoms with Crippen LogP contribution in [0.25, 0.3) is 0 Å². The van der Waals surface area contributed by atoms with E-state index < -0.39 is 32.2 Å². The standard InChI is InChI=1S/C27H47FO6Si/c1-8-9-10-12-19(29)15-16-20-21(17-24(31)22(28)13-11-14-26(32)33-5)23(30)18-25(20)34-35(6,7)27(2,3)4/h20-22,25H,8-18H2,1-7H3/t20-,21-,22+,25-/m1/s1. The second-order valence-corrected chi connectivity index (χ2v) is 16.3. The van der Waals surface area contributed by atoms with Crippen LogP contribution in [-0.2, 0) is 28.3 Å². The molecule has 8 heteroatoms. The van der Waals surface area contributed by atoms with Crippen LogP contribution in [0.2, 0.25) is 18.1 Å². The molecule has 1 saturated carbocycles. The number of unbranched alkanes of at least 4 members (excludes halogenated alkanes) is 2. The number of carbonyl (C=O) groups excluding carboxylic acids is 4. The first-order chi connectivity index (χ1) is 16.2. The average Bonchev–Trinajstić information content (AvgIpc) is 3.04. The summed E-state index contributed by atoms with van der Waals surface area (Å²) in [6, 6.07) is 0. The number of carbonyl (C=O) groups is 4. The summed E-state index contributed by atoms with van der Waals surface area (Å²) >= 11 is 0. The van der Waals surface area contributed by atoms with E-state index in [0.717, 1.165) is 19.3 Å². The van der Waals surface area contributed by atoms with E-state index in [1.807, 2.05) is 0 Å². The van der Waals surface area contributed by atoms with Crippen LogP contribution < -0.4 is 0 Å². The van der Waals surface area contributed by atoms with Crippen molar-refractivity contribution in [1.82, 2.24) is 0 Å². The fraction of sp³-hybridized carbons (Fsp3) is 0.852. The van der Waals surface area contributed by atoms with Crippen LogP contribution in [0.3, 0.4) is 0 Å². The van der Waals surface area contributed by atoms with Crippen molar-refractivity contribution in [3.8, 4) is 0 Å². The monoisotopic (exact) mass is 514 g/mol. The van der Waals surface area contributed by atoms with Crippen LogP contribution in [0.1, 0.15) is 98.3 Å². The number of rotatable bonds is 16. The van der Waals surface area contributed by atoms with Gasteiger partial charge in [0.1, 0.15) is 11.6 Å². The van der Waals surface area contributed by atoms with Crippen molar-refractivity contribution in [1.29, 1.82) is 0 Å². The normalized spacial score (nSPS) is 21.7. The van der Waals surface area contributed by atoms with Gasteiger partial charge in [-0.2, -0.15) is 0 Å². The Kier molecular flexibility index (Phi) is 13.0. The van der Waals surface area contributed by atoms with E-state index in [1.54, 1.807) is 0 Å². The molecular formula is C27H47FO6Si. The van der Waals surface area contributed by atoms with Crippen molar-refractivity contribution >= 4 is 31.6 Å². The van der Waals surface area contributed by atoms with Crippen LogP contribution in [-0.4, -0.2) is 51.0 Å². The molecule has 0 radical (unpaired) electrons. The molecule has 4 atom stereocenters. The van der Waals surface area contributed by atoms with E-state index in [0.29, 0.717) is 19.3 Å². The maximum absolute atomic E-state index is 14.6. The molecule has 1 fully saturated rings. The zero-order valence-corrected chi connectivity index (χ0v) is 23.9. The van der Waals surface area contributed by atoms with Gasteiger partial charge in [0, 0.05) is 38.0 Å². The van der Waals surface area contributed by atoms with E-state index in [4.69, 9.17) is 4.43 Å². The molecule has 0 saturated heterocycles. The molecule has 0 aromatic rings. The second kappa shape index (κ2) is 14.4. The number of Topliss-reactive ketones (excluding diaryl/α,β-unsaturated/α-hetero) is 3. The van der Waals surface area contributed by atoms with Crippen molar-refractivity contribution in [2.45, 2.75) is 129 Å². The average molecular weight is 515 g/mol. The highest BCUT2D eigenvalue weighted by atomic mass is 28.4. The van der Waals surface area contributed by atoms with E-state index in [1.165, 1.54) is 7.11 Å². The zero-order valence-electron chi connectivity index (χ0n) is 22.9. The Morgan fingerprint density at radius 3 is 2.31 bits per heavy atom. The topological polar surface area (TPSA) is 86.7 Å². The minimum absolute atomic E-state index is 0.0475. The molecule has 35 heavy (non-hydrogen) atoms. The van der Waals surface area contributed by atoms with Gasteiger partial charge in [0.05, 0.1) is 13.2 Å². The van der Waals surface area contributed by atoms with E-state index >= 15 is 0 Å². The molecule has 0 aromatic carbocycles. The molecule has 1 aliphatic carbocycles. The van der Waals surface area contributed by atoms with E-state index in [2.05, 4.69) is 45.5 Å². The van der Waals surface area contributed by atoms with Gasteiger partial charge in [0.2, 0.25) is 0 Å². The minimum atomic E-state index is -2.19. The first-order valence-corrected chi connectivity index (χ1v) is 16.1. The molecule has 202 valence electrons. The summed E-state index contributed by atoms with van der Waals surface area (Å²) in [5, 5.41) is -0.0475. The Morgan fingerprint density at radius 1 is 1.09 bits per heavy atom. The van der Waals surface area contributed by atoms with Gasteiger partial charge in [-0.1, -0.05) is 40.5 Å². The largest absolute Gasteiger partial charge is 0.469 e. The van der Waals surface area contributed by atoms with E-state index in [9.17, 15) is 23.6 Å². The Morgan fingerprint density at radius 2 is 1.74 bits per heavy atom. The van der Waals surface area contributed by atoms with Crippen molar-refractivity contribution in [3.05, 3.63) is 0 Å². The number of hydrogen-bond acceptors (Lipinski definition) is 6. The lowest BCUT2D eigenvalue weighted by Crippen LogP contribution is -2.45. The summed E-state index contributed by atoms with van der Waals surface area (Å²) in [6.45, 7) is 12.7. The molecule has 0 aromatic heterocycles. The predicted octanol–water partition coefficient (Wildman–Crippen LogP) is 6.15. The fourth-order valence-corrected chi connectivity index (χ4v) is 5.76. The number of ether oxygens (including phenoxy) is 1. The smallest absolute Gasteiger partial charge is 0.305 e. The number of alkyl halides is 1. The van der Waals surface area contributed by atoms with Crippen molar-refractivity contribution in [2.75, 3.05) is 7.11 Å². The van der Waals surface area contributed by atoms with E-state index in [-0.39, 0.29) is 60.7 Å². The van der Waals surface area contributed by atoms with Gasteiger partial charge < -0.3 is 9.16 Å². The lowest BCUT2D eigenvalue weighted by molar-refractivity contribution is -0.141. The first kappa shape index (κ1) is 31.6. The van der Waals surface area contributed by atoms with Gasteiger partial charge in [-0.15, -0.1) is 0 Å². The first-order valence-electron chi connectivity index (χ1n) is 13.2. The zero-order chi connectivity index (χ0) is 26.8. The maximum atomic E-state index is 14.6. The quantitative estimate of drug-likeness (QED) is 0.139. The SMILES string of the molecule is CCCCCC(=O)CC[C@H]1[C@H](O[Si](C)(C)C(C)(C)C)CC(=O)[C@@H]1CC(=O)[C@@H](F)CCCC(=O)OC. The number of ketones is 3. The van der Waals surface area contributed by atoms with Gasteiger partial charge in [-0.25, -0.2) is 4.39 Å². The highest BCUT2D eigenvalue weighted by molar-refractivity contribution is 6.74. The summed E-state index contributed by atoms with van der Waals surface area (Å²) in [4.78, 5) is 49.4. The Balaban J connectivity index is 2.92. The lowest BCUT2D eigenvalue weighted by Gasteiger charge is -2.40. The molecule has 0 amide bonds. The third kappa shape index (κ3) is 10.2. The number of esters is 1. The Labute approximate surface area is 212 Å². The van der Waals surface area contributed by atoms with Gasteiger partial charge in [-0.05, 0) is 49.7 Å². The molecule has 1 aliphatic rings. The highest BCUT2D eigenvalue weighted by Gasteiger charge is 2.48. The third-order valence-corrected chi connectivity index (χ3v) is 12.2. The van der Waals surface area contributed by atoms with Crippen molar-refractivity contribution < 1.29 is 32.7 Å². The maximum Gasteiger partial charge on any atom is 0.305 e. The molecule has 1 rings (SSSR count). The lowest BCUT2D eigenvalue weighted by atomic mass is 9.84. The molecule has 0 heterocycles. The third-order valence-electron chi connectivity index (χ3n) is 7.71. The Hall–Kier alpha value is -1.41. The van der Waals surface area contributed by atoms with Gasteiger partial charge >= 0.3 is 5.97 Å². The predicted molar refractivity (Wildman–Crippen MR) is 137 cm³/mol. The summed E-state index contributed by atoms with van der Waals surface area (Å²) < 4.78 is 25.7. The van der Waals surface area contributed by atoms with Crippen LogP contribution in [0.5, 0.6) is 0 Å². The molecule has 0 N–H and O–H groups in total. The highest BCUT2D eigenvalue weighted by Crippen LogP contribution is 2.44. The number of halogens is 1. The number of methoxy groups -OCH3 is 1. The summed E-state index contributed by atoms with van der Waals surface area (Å²) in [6.07, 6.45) is 2.43. The molecular weight excluding hydrogens is 467 g/mol. The van der Waals surface area contributed by atoms with Gasteiger partial charge in [0.15, 0.2) is 20.3 Å². The van der Waals surface area contributed by atoms with Crippen molar-refractivity contribution in [2.24, 2.45) is 11.8 Å². The van der Waals surface area contributed by atoms with Crippen LogP contribution in [0, 0.1) is 11.8 Å². The van der Waals surface area contributed by atoms with Crippen molar-refractivity contribution in [3.63, 3.8) is 0 Å². The van der Waals surface area contributed by atoms with Crippen LogP contribution >= 0.6 is 0 Å². The summed E-state index contributed by atoms with van der Waals surface area (Å²) in [7, 11) is -0.920. The Bertz CT molecular complexity index is 730. The van der Waals surface area contributed by atoms with Gasteiger partial charge in [0.25, 0.3) is 0 Å². The minimum Gasteiger partial charge on any atom is -0.469 e. The summed E-state index contributed by atoms with van der Waals surface area (Å²) in [5.74, 6) is -1.85. The van der Waals surface area contributed by atoms with Gasteiger partial charge in [-0.3, -0.25) is 19.2 Å². The fourth-order valence-electron chi connectivity index (χ4n) is 4.39. The molecule has 0 unspecified atom stereocenters. The van der Waals surface area contributed by atoms with Crippen LogP contribution in [0.4, 0.5) is 4.39 Å². The van der Waals surface area contributed by atoms with Crippen LogP contribution in [0.15, 0.2) is 0 Å². The second-order valence-electron chi connectivity index (χ2n) is 11.5. The summed E-state index contributed by atoms with van der Waals surface area (Å²) in [5.41, 5.74) is 0. The molecule has 0 aliphatic heterocycles. The molecule has 0 spiro atoms. The molecule has 6 nitrogen and oxygen atoms in total.